The van der Waals surface area contributed by atoms with Crippen molar-refractivity contribution in [3.63, 3.8) is 0 Å². The Morgan fingerprint density at radius 1 is 1.15 bits per heavy atom. The van der Waals surface area contributed by atoms with Crippen LogP contribution in [0.1, 0.15) is 57.6 Å². The van der Waals surface area contributed by atoms with Gasteiger partial charge in [-0.15, -0.1) is 10.2 Å². The van der Waals surface area contributed by atoms with E-state index in [1.54, 1.807) is 6.33 Å². The number of nitrogens with zero attached hydrogens (tertiary/aromatic N) is 4. The van der Waals surface area contributed by atoms with Crippen molar-refractivity contribution in [2.24, 2.45) is 10.9 Å². The molecule has 0 aliphatic carbocycles. The predicted molar refractivity (Wildman–Crippen MR) is 107 cm³/mol. The van der Waals surface area contributed by atoms with Gasteiger partial charge in [0, 0.05) is 13.1 Å². The molecule has 0 aliphatic heterocycles. The van der Waals surface area contributed by atoms with Gasteiger partial charge < -0.3 is 15.2 Å². The quantitative estimate of drug-likeness (QED) is 0.562. The molecule has 6 heteroatoms. The monoisotopic (exact) mass is 356 g/mol. The van der Waals surface area contributed by atoms with E-state index in [1.165, 1.54) is 11.1 Å². The average Bonchev–Trinajstić information content (AvgIpc) is 3.07. The van der Waals surface area contributed by atoms with Gasteiger partial charge in [0.05, 0.1) is 6.04 Å². The molecule has 0 saturated heterocycles. The van der Waals surface area contributed by atoms with Crippen LogP contribution in [0.4, 0.5) is 0 Å². The van der Waals surface area contributed by atoms with Crippen LogP contribution < -0.4 is 10.6 Å². The van der Waals surface area contributed by atoms with Crippen molar-refractivity contribution >= 4 is 5.96 Å². The largest absolute Gasteiger partial charge is 0.357 e. The average molecular weight is 357 g/mol. The molecule has 0 amide bonds. The molecule has 0 saturated carbocycles. The number of aromatic nitrogens is 3. The van der Waals surface area contributed by atoms with E-state index in [2.05, 4.69) is 84.7 Å². The van der Waals surface area contributed by atoms with E-state index in [0.717, 1.165) is 31.3 Å². The van der Waals surface area contributed by atoms with Gasteiger partial charge >= 0.3 is 0 Å². The second-order valence-corrected chi connectivity index (χ2v) is 6.93. The number of hydrogen-bond donors (Lipinski definition) is 2. The molecule has 2 aromatic rings. The molecule has 142 valence electrons. The first-order valence-electron chi connectivity index (χ1n) is 9.53. The maximum atomic E-state index is 4.66. The Bertz CT molecular complexity index is 687. The molecule has 1 heterocycles. The maximum Gasteiger partial charge on any atom is 0.192 e. The highest BCUT2D eigenvalue weighted by Crippen LogP contribution is 2.15. The molecule has 2 rings (SSSR count). The van der Waals surface area contributed by atoms with E-state index >= 15 is 0 Å². The number of guanidine groups is 1. The van der Waals surface area contributed by atoms with Crippen molar-refractivity contribution in [2.75, 3.05) is 6.54 Å². The number of nitrogens with one attached hydrogen (secondary N) is 2. The van der Waals surface area contributed by atoms with Crippen LogP contribution in [-0.4, -0.2) is 27.3 Å². The van der Waals surface area contributed by atoms with Gasteiger partial charge in [0.15, 0.2) is 11.8 Å². The summed E-state index contributed by atoms with van der Waals surface area (Å²) in [5, 5.41) is 14.9. The molecular weight excluding hydrogens is 324 g/mol. The van der Waals surface area contributed by atoms with Gasteiger partial charge in [0.1, 0.15) is 12.9 Å². The second-order valence-electron chi connectivity index (χ2n) is 6.93. The van der Waals surface area contributed by atoms with Gasteiger partial charge in [-0.1, -0.05) is 38.1 Å². The normalized spacial score (nSPS) is 13.1. The van der Waals surface area contributed by atoms with Gasteiger partial charge in [-0.25, -0.2) is 4.99 Å². The SMILES string of the molecule is CCNC(=NCc1nncn1CC)NC(C)c1ccc(CC(C)C)cc1. The lowest BCUT2D eigenvalue weighted by atomic mass is 10.00. The van der Waals surface area contributed by atoms with Crippen LogP contribution in [0.25, 0.3) is 0 Å². The minimum atomic E-state index is 0.171. The third-order valence-corrected chi connectivity index (χ3v) is 4.24. The molecule has 0 fully saturated rings. The molecular formula is C20H32N6. The summed E-state index contributed by atoms with van der Waals surface area (Å²) in [7, 11) is 0. The Balaban J connectivity index is 2.02. The maximum absolute atomic E-state index is 4.66. The first-order valence-corrected chi connectivity index (χ1v) is 9.53. The van der Waals surface area contributed by atoms with Crippen molar-refractivity contribution < 1.29 is 0 Å². The van der Waals surface area contributed by atoms with E-state index in [4.69, 9.17) is 0 Å². The van der Waals surface area contributed by atoms with Gasteiger partial charge in [-0.2, -0.15) is 0 Å². The van der Waals surface area contributed by atoms with Gasteiger partial charge in [-0.05, 0) is 44.2 Å². The molecule has 2 N–H and O–H groups in total. The lowest BCUT2D eigenvalue weighted by Gasteiger charge is -2.18. The fourth-order valence-corrected chi connectivity index (χ4v) is 2.84. The van der Waals surface area contributed by atoms with E-state index in [1.807, 2.05) is 4.57 Å². The van der Waals surface area contributed by atoms with Crippen LogP contribution in [-0.2, 0) is 19.5 Å². The number of hydrogen-bond acceptors (Lipinski definition) is 3. The van der Waals surface area contributed by atoms with Crippen molar-refractivity contribution in [2.45, 2.75) is 60.2 Å². The summed E-state index contributed by atoms with van der Waals surface area (Å²) in [4.78, 5) is 4.66. The lowest BCUT2D eigenvalue weighted by molar-refractivity contribution is 0.645. The van der Waals surface area contributed by atoms with Gasteiger partial charge in [0.2, 0.25) is 0 Å². The van der Waals surface area contributed by atoms with Gasteiger partial charge in [0.25, 0.3) is 0 Å². The molecule has 0 bridgehead atoms. The highest BCUT2D eigenvalue weighted by atomic mass is 15.3. The molecule has 0 radical (unpaired) electrons. The van der Waals surface area contributed by atoms with E-state index < -0.39 is 0 Å². The number of rotatable bonds is 8. The van der Waals surface area contributed by atoms with Crippen LogP contribution in [0.2, 0.25) is 0 Å². The van der Waals surface area contributed by atoms with Crippen LogP contribution in [0.5, 0.6) is 0 Å². The van der Waals surface area contributed by atoms with Crippen LogP contribution in [0.3, 0.4) is 0 Å². The highest BCUT2D eigenvalue weighted by Gasteiger charge is 2.09. The first kappa shape index (κ1) is 19.9. The summed E-state index contributed by atoms with van der Waals surface area (Å²) < 4.78 is 2.00. The Labute approximate surface area is 157 Å². The zero-order chi connectivity index (χ0) is 18.9. The van der Waals surface area contributed by atoms with Gasteiger partial charge in [-0.3, -0.25) is 0 Å². The van der Waals surface area contributed by atoms with Crippen molar-refractivity contribution in [1.29, 1.82) is 0 Å². The number of benzene rings is 1. The third-order valence-electron chi connectivity index (χ3n) is 4.24. The molecule has 6 nitrogen and oxygen atoms in total. The van der Waals surface area contributed by atoms with Crippen molar-refractivity contribution in [3.05, 3.63) is 47.5 Å². The van der Waals surface area contributed by atoms with Crippen LogP contribution >= 0.6 is 0 Å². The minimum absolute atomic E-state index is 0.171. The summed E-state index contributed by atoms with van der Waals surface area (Å²) in [6, 6.07) is 9.02. The summed E-state index contributed by atoms with van der Waals surface area (Å²) in [6.07, 6.45) is 2.86. The summed E-state index contributed by atoms with van der Waals surface area (Å²) in [5.41, 5.74) is 2.63. The zero-order valence-corrected chi connectivity index (χ0v) is 16.7. The van der Waals surface area contributed by atoms with E-state index in [-0.39, 0.29) is 6.04 Å². The summed E-state index contributed by atoms with van der Waals surface area (Å²) >= 11 is 0. The first-order chi connectivity index (χ1) is 12.5. The fraction of sp³-hybridized carbons (Fsp3) is 0.550. The number of aliphatic imine (C=N–C) groups is 1. The third kappa shape index (κ3) is 5.86. The minimum Gasteiger partial charge on any atom is -0.357 e. The van der Waals surface area contributed by atoms with Crippen molar-refractivity contribution in [3.8, 4) is 0 Å². The predicted octanol–water partition coefficient (Wildman–Crippen LogP) is 3.31. The molecule has 1 aromatic carbocycles. The van der Waals surface area contributed by atoms with E-state index in [9.17, 15) is 0 Å². The van der Waals surface area contributed by atoms with Crippen LogP contribution in [0.15, 0.2) is 35.6 Å². The second kappa shape index (κ2) is 9.94. The van der Waals surface area contributed by atoms with Crippen LogP contribution in [0, 0.1) is 5.92 Å². The zero-order valence-electron chi connectivity index (χ0n) is 16.7. The Morgan fingerprint density at radius 2 is 1.88 bits per heavy atom. The standard InChI is InChI=1S/C20H32N6/c1-6-21-20(22-13-19-25-23-14-26(19)7-2)24-16(5)18-10-8-17(9-11-18)12-15(3)4/h8-11,14-16H,6-7,12-13H2,1-5H3,(H2,21,22,24). The van der Waals surface area contributed by atoms with Crippen molar-refractivity contribution in [1.82, 2.24) is 25.4 Å². The molecule has 0 aliphatic rings. The molecule has 0 spiro atoms. The Hall–Kier alpha value is -2.37. The summed E-state index contributed by atoms with van der Waals surface area (Å²) in [5.74, 6) is 2.33. The molecule has 1 unspecified atom stereocenters. The Kier molecular flexibility index (Phi) is 7.63. The molecule has 1 atom stereocenters. The summed E-state index contributed by atoms with van der Waals surface area (Å²) in [6.45, 7) is 12.9. The molecule has 1 aromatic heterocycles. The lowest BCUT2D eigenvalue weighted by Crippen LogP contribution is -2.38. The smallest absolute Gasteiger partial charge is 0.192 e. The molecule has 26 heavy (non-hydrogen) atoms. The number of aryl methyl sites for hydroxylation is 1. The van der Waals surface area contributed by atoms with E-state index in [0.29, 0.717) is 12.5 Å². The topological polar surface area (TPSA) is 67.1 Å². The fourth-order valence-electron chi connectivity index (χ4n) is 2.84. The Morgan fingerprint density at radius 3 is 2.50 bits per heavy atom. The highest BCUT2D eigenvalue weighted by molar-refractivity contribution is 5.80.